The van der Waals surface area contributed by atoms with E-state index >= 15 is 0 Å². The van der Waals surface area contributed by atoms with E-state index in [9.17, 15) is 14.4 Å². The Morgan fingerprint density at radius 2 is 1.84 bits per heavy atom. The molecule has 2 aromatic carbocycles. The van der Waals surface area contributed by atoms with E-state index in [1.54, 1.807) is 0 Å². The number of aryl methyl sites for hydroxylation is 1. The molecule has 0 atom stereocenters. The third-order valence-electron chi connectivity index (χ3n) is 3.90. The molecule has 0 aliphatic heterocycles. The summed E-state index contributed by atoms with van der Waals surface area (Å²) >= 11 is 0. The first kappa shape index (κ1) is 16.5. The second-order valence-corrected chi connectivity index (χ2v) is 5.61. The van der Waals surface area contributed by atoms with Crippen molar-refractivity contribution in [2.45, 2.75) is 6.54 Å². The van der Waals surface area contributed by atoms with Crippen molar-refractivity contribution in [3.8, 4) is 5.75 Å². The Labute approximate surface area is 142 Å². The summed E-state index contributed by atoms with van der Waals surface area (Å²) in [6.45, 7) is 0.120. The number of hydrogen-bond acceptors (Lipinski definition) is 4. The number of nitrogens with zero attached hydrogens (tertiary/aromatic N) is 2. The molecule has 25 heavy (non-hydrogen) atoms. The fourth-order valence-corrected chi connectivity index (χ4v) is 2.60. The Kier molecular flexibility index (Phi) is 4.38. The van der Waals surface area contributed by atoms with Crippen molar-refractivity contribution in [3.05, 3.63) is 75.1 Å². The molecule has 0 unspecified atom stereocenters. The smallest absolute Gasteiger partial charge is 0.330 e. The SMILES string of the molecule is Cn1cc(C(N)=O)c(=O)n(CCOc2ccc3ccccc3c2)c1=O. The van der Waals surface area contributed by atoms with Crippen molar-refractivity contribution in [2.75, 3.05) is 6.61 Å². The molecule has 0 saturated carbocycles. The van der Waals surface area contributed by atoms with Crippen molar-refractivity contribution in [1.82, 2.24) is 9.13 Å². The Morgan fingerprint density at radius 1 is 1.12 bits per heavy atom. The van der Waals surface area contributed by atoms with Crippen LogP contribution in [0.4, 0.5) is 0 Å². The quantitative estimate of drug-likeness (QED) is 0.746. The number of carbonyl (C=O) groups is 1. The standard InChI is InChI=1S/C18H17N3O4/c1-20-11-15(16(19)22)17(23)21(18(20)24)8-9-25-14-7-6-12-4-2-3-5-13(12)10-14/h2-7,10-11H,8-9H2,1H3,(H2,19,22). The Hall–Kier alpha value is -3.35. The molecule has 0 aliphatic rings. The van der Waals surface area contributed by atoms with Crippen LogP contribution in [0.1, 0.15) is 10.4 Å². The predicted molar refractivity (Wildman–Crippen MR) is 93.9 cm³/mol. The highest BCUT2D eigenvalue weighted by atomic mass is 16.5. The molecule has 0 radical (unpaired) electrons. The van der Waals surface area contributed by atoms with E-state index in [1.165, 1.54) is 7.05 Å². The summed E-state index contributed by atoms with van der Waals surface area (Å²) in [6, 6.07) is 13.5. The van der Waals surface area contributed by atoms with Gasteiger partial charge in [0, 0.05) is 13.2 Å². The second-order valence-electron chi connectivity index (χ2n) is 5.61. The van der Waals surface area contributed by atoms with Gasteiger partial charge in [0.2, 0.25) is 0 Å². The molecular formula is C18H17N3O4. The van der Waals surface area contributed by atoms with Crippen LogP contribution in [0.2, 0.25) is 0 Å². The topological polar surface area (TPSA) is 96.3 Å². The predicted octanol–water partition coefficient (Wildman–Crippen LogP) is 0.878. The van der Waals surface area contributed by atoms with Crippen LogP contribution < -0.4 is 21.7 Å². The molecule has 0 saturated heterocycles. The summed E-state index contributed by atoms with van der Waals surface area (Å²) in [5, 5.41) is 2.12. The zero-order valence-corrected chi connectivity index (χ0v) is 13.6. The highest BCUT2D eigenvalue weighted by molar-refractivity contribution is 5.92. The van der Waals surface area contributed by atoms with Crippen molar-refractivity contribution in [3.63, 3.8) is 0 Å². The van der Waals surface area contributed by atoms with E-state index < -0.39 is 17.2 Å². The summed E-state index contributed by atoms with van der Waals surface area (Å²) in [5.41, 5.74) is 3.71. The van der Waals surface area contributed by atoms with Gasteiger partial charge in [-0.25, -0.2) is 4.79 Å². The normalized spacial score (nSPS) is 10.8. The van der Waals surface area contributed by atoms with Gasteiger partial charge in [0.15, 0.2) is 0 Å². The lowest BCUT2D eigenvalue weighted by molar-refractivity contribution is 0.0997. The Balaban J connectivity index is 1.80. The number of nitrogens with two attached hydrogens (primary N) is 1. The van der Waals surface area contributed by atoms with Gasteiger partial charge in [0.25, 0.3) is 11.5 Å². The molecular weight excluding hydrogens is 322 g/mol. The van der Waals surface area contributed by atoms with Crippen LogP contribution in [0.25, 0.3) is 10.8 Å². The molecule has 0 fully saturated rings. The van der Waals surface area contributed by atoms with E-state index in [2.05, 4.69) is 0 Å². The van der Waals surface area contributed by atoms with Crippen molar-refractivity contribution in [2.24, 2.45) is 12.8 Å². The zero-order valence-electron chi connectivity index (χ0n) is 13.6. The third kappa shape index (κ3) is 3.30. The number of carbonyl (C=O) groups excluding carboxylic acids is 1. The van der Waals surface area contributed by atoms with Crippen molar-refractivity contribution in [1.29, 1.82) is 0 Å². The molecule has 0 bridgehead atoms. The van der Waals surface area contributed by atoms with Gasteiger partial charge in [-0.15, -0.1) is 0 Å². The van der Waals surface area contributed by atoms with Gasteiger partial charge < -0.3 is 15.0 Å². The molecule has 1 aromatic heterocycles. The number of amides is 1. The number of aromatic nitrogens is 2. The molecule has 0 aliphatic carbocycles. The molecule has 128 valence electrons. The average Bonchev–Trinajstić information content (AvgIpc) is 2.60. The number of ether oxygens (including phenoxy) is 1. The van der Waals surface area contributed by atoms with Gasteiger partial charge in [-0.1, -0.05) is 30.3 Å². The summed E-state index contributed by atoms with van der Waals surface area (Å²) in [5.74, 6) is -0.237. The maximum atomic E-state index is 12.2. The largest absolute Gasteiger partial charge is 0.492 e. The molecule has 3 aromatic rings. The molecule has 0 spiro atoms. The number of hydrogen-bond donors (Lipinski definition) is 1. The molecule has 1 amide bonds. The highest BCUT2D eigenvalue weighted by Gasteiger charge is 2.13. The second kappa shape index (κ2) is 6.64. The fourth-order valence-electron chi connectivity index (χ4n) is 2.60. The molecule has 7 heteroatoms. The van der Waals surface area contributed by atoms with Gasteiger partial charge in [0.05, 0.1) is 6.54 Å². The lowest BCUT2D eigenvalue weighted by Crippen LogP contribution is -2.43. The summed E-state index contributed by atoms with van der Waals surface area (Å²) in [7, 11) is 1.45. The highest BCUT2D eigenvalue weighted by Crippen LogP contribution is 2.20. The molecule has 7 nitrogen and oxygen atoms in total. The van der Waals surface area contributed by atoms with Gasteiger partial charge in [-0.05, 0) is 22.9 Å². The molecule has 2 N–H and O–H groups in total. The van der Waals surface area contributed by atoms with Gasteiger partial charge in [0.1, 0.15) is 17.9 Å². The van der Waals surface area contributed by atoms with Gasteiger partial charge in [-0.2, -0.15) is 0 Å². The van der Waals surface area contributed by atoms with Crippen LogP contribution in [0.5, 0.6) is 5.75 Å². The third-order valence-corrected chi connectivity index (χ3v) is 3.90. The van der Waals surface area contributed by atoms with Crippen LogP contribution in [-0.4, -0.2) is 21.6 Å². The van der Waals surface area contributed by atoms with E-state index in [4.69, 9.17) is 10.5 Å². The van der Waals surface area contributed by atoms with Crippen LogP contribution in [0.3, 0.4) is 0 Å². The minimum absolute atomic E-state index is 0.0133. The number of rotatable bonds is 5. The van der Waals surface area contributed by atoms with Crippen LogP contribution in [0, 0.1) is 0 Å². The fraction of sp³-hybridized carbons (Fsp3) is 0.167. The first-order valence-electron chi connectivity index (χ1n) is 7.69. The maximum absolute atomic E-state index is 12.2. The first-order valence-corrected chi connectivity index (χ1v) is 7.69. The Bertz CT molecular complexity index is 1070. The van der Waals surface area contributed by atoms with E-state index in [1.807, 2.05) is 42.5 Å². The molecule has 3 rings (SSSR count). The monoisotopic (exact) mass is 339 g/mol. The van der Waals surface area contributed by atoms with Crippen LogP contribution in [-0.2, 0) is 13.6 Å². The van der Waals surface area contributed by atoms with Crippen LogP contribution in [0.15, 0.2) is 58.3 Å². The molecule has 1 heterocycles. The minimum atomic E-state index is -0.871. The maximum Gasteiger partial charge on any atom is 0.330 e. The number of primary amides is 1. The summed E-state index contributed by atoms with van der Waals surface area (Å²) in [4.78, 5) is 35.6. The number of benzene rings is 2. The summed E-state index contributed by atoms with van der Waals surface area (Å²) in [6.07, 6.45) is 1.15. The Morgan fingerprint density at radius 3 is 2.56 bits per heavy atom. The zero-order chi connectivity index (χ0) is 18.0. The van der Waals surface area contributed by atoms with E-state index in [0.717, 1.165) is 26.1 Å². The summed E-state index contributed by atoms with van der Waals surface area (Å²) < 4.78 is 7.74. The minimum Gasteiger partial charge on any atom is -0.492 e. The van der Waals surface area contributed by atoms with Crippen molar-refractivity contribution < 1.29 is 9.53 Å². The van der Waals surface area contributed by atoms with E-state index in [0.29, 0.717) is 5.75 Å². The average molecular weight is 339 g/mol. The lowest BCUT2D eigenvalue weighted by atomic mass is 10.1. The van der Waals surface area contributed by atoms with Gasteiger partial charge >= 0.3 is 5.69 Å². The van der Waals surface area contributed by atoms with Gasteiger partial charge in [-0.3, -0.25) is 14.2 Å². The number of fused-ring (bicyclic) bond motifs is 1. The lowest BCUT2D eigenvalue weighted by Gasteiger charge is -2.10. The first-order chi connectivity index (χ1) is 12.0. The van der Waals surface area contributed by atoms with Crippen molar-refractivity contribution >= 4 is 16.7 Å². The van der Waals surface area contributed by atoms with E-state index in [-0.39, 0.29) is 18.7 Å². The van der Waals surface area contributed by atoms with Crippen LogP contribution >= 0.6 is 0 Å².